The van der Waals surface area contributed by atoms with E-state index in [1.54, 1.807) is 26.2 Å². The van der Waals surface area contributed by atoms with Gasteiger partial charge in [0.1, 0.15) is 5.75 Å². The molecule has 0 heterocycles. The first-order chi connectivity index (χ1) is 10.9. The van der Waals surface area contributed by atoms with Crippen LogP contribution >= 0.6 is 0 Å². The van der Waals surface area contributed by atoms with E-state index in [0.29, 0.717) is 5.69 Å². The molecule has 6 heteroatoms. The van der Waals surface area contributed by atoms with Gasteiger partial charge in [-0.15, -0.1) is 0 Å². The molecule has 0 fully saturated rings. The number of benzene rings is 2. The lowest BCUT2D eigenvalue weighted by Crippen LogP contribution is -2.14. The van der Waals surface area contributed by atoms with Crippen LogP contribution in [0.25, 0.3) is 0 Å². The highest BCUT2D eigenvalue weighted by Crippen LogP contribution is 2.28. The Morgan fingerprint density at radius 1 is 1.09 bits per heavy atom. The molecule has 2 N–H and O–H groups in total. The Bertz CT molecular complexity index is 743. The molecule has 2 aromatic rings. The van der Waals surface area contributed by atoms with Gasteiger partial charge in [0.15, 0.2) is 0 Å². The molecular weight excluding hydrogens is 312 g/mol. The fourth-order valence-corrected chi connectivity index (χ4v) is 2.81. The van der Waals surface area contributed by atoms with E-state index >= 15 is 0 Å². The van der Waals surface area contributed by atoms with Crippen LogP contribution in [0.3, 0.4) is 0 Å². The number of para-hydroxylation sites is 2. The first kappa shape index (κ1) is 17.1. The summed E-state index contributed by atoms with van der Waals surface area (Å²) in [6.07, 6.45) is 0. The van der Waals surface area contributed by atoms with Crippen molar-refractivity contribution >= 4 is 21.4 Å². The molecule has 0 spiro atoms. The van der Waals surface area contributed by atoms with Crippen LogP contribution in [0.5, 0.6) is 5.75 Å². The minimum atomic E-state index is -3.25. The van der Waals surface area contributed by atoms with Gasteiger partial charge in [0.25, 0.3) is 0 Å². The Hall–Kier alpha value is -2.21. The normalized spacial score (nSPS) is 12.5. The molecule has 0 aliphatic heterocycles. The Balaban J connectivity index is 2.10. The predicted molar refractivity (Wildman–Crippen MR) is 94.6 cm³/mol. The molecule has 0 aliphatic rings. The van der Waals surface area contributed by atoms with Crippen molar-refractivity contribution in [2.45, 2.75) is 19.9 Å². The van der Waals surface area contributed by atoms with Crippen LogP contribution in [0.1, 0.15) is 25.5 Å². The van der Waals surface area contributed by atoms with Crippen molar-refractivity contribution in [3.8, 4) is 5.75 Å². The van der Waals surface area contributed by atoms with Crippen LogP contribution in [0.15, 0.2) is 48.5 Å². The Morgan fingerprint density at radius 3 is 2.35 bits per heavy atom. The van der Waals surface area contributed by atoms with Crippen LogP contribution in [0.4, 0.5) is 11.4 Å². The van der Waals surface area contributed by atoms with Crippen molar-refractivity contribution in [3.05, 3.63) is 54.1 Å². The Kier molecular flexibility index (Phi) is 5.50. The van der Waals surface area contributed by atoms with Crippen molar-refractivity contribution in [1.29, 1.82) is 0 Å². The standard InChI is InChI=1S/C17H22N2O3S/c1-4-23(20,21)19-15-11-9-14(10-12-15)13(2)18-16-7-5-6-8-17(16)22-3/h5-13,18-19H,4H2,1-3H3. The zero-order chi connectivity index (χ0) is 16.9. The topological polar surface area (TPSA) is 67.4 Å². The number of hydrogen-bond donors (Lipinski definition) is 2. The zero-order valence-corrected chi connectivity index (χ0v) is 14.4. The van der Waals surface area contributed by atoms with Gasteiger partial charge in [-0.2, -0.15) is 0 Å². The Morgan fingerprint density at radius 2 is 1.74 bits per heavy atom. The first-order valence-corrected chi connectivity index (χ1v) is 9.10. The SMILES string of the molecule is CCS(=O)(=O)Nc1ccc(C(C)Nc2ccccc2OC)cc1. The molecule has 0 radical (unpaired) electrons. The second-order valence-corrected chi connectivity index (χ2v) is 7.20. The van der Waals surface area contributed by atoms with Gasteiger partial charge >= 0.3 is 0 Å². The number of methoxy groups -OCH3 is 1. The van der Waals surface area contributed by atoms with E-state index in [2.05, 4.69) is 10.0 Å². The Labute approximate surface area is 137 Å². The van der Waals surface area contributed by atoms with Crippen LogP contribution in [0, 0.1) is 0 Å². The largest absolute Gasteiger partial charge is 0.495 e. The highest BCUT2D eigenvalue weighted by molar-refractivity contribution is 7.92. The quantitative estimate of drug-likeness (QED) is 0.811. The van der Waals surface area contributed by atoms with Gasteiger partial charge in [-0.25, -0.2) is 8.42 Å². The lowest BCUT2D eigenvalue weighted by atomic mass is 10.1. The highest BCUT2D eigenvalue weighted by atomic mass is 32.2. The van der Waals surface area contributed by atoms with E-state index in [1.807, 2.05) is 43.3 Å². The molecule has 2 rings (SSSR count). The second kappa shape index (κ2) is 7.37. The molecule has 1 atom stereocenters. The smallest absolute Gasteiger partial charge is 0.232 e. The maximum atomic E-state index is 11.6. The van der Waals surface area contributed by atoms with E-state index in [9.17, 15) is 8.42 Å². The average molecular weight is 334 g/mol. The molecule has 1 unspecified atom stereocenters. The summed E-state index contributed by atoms with van der Waals surface area (Å²) in [5.74, 6) is 0.840. The van der Waals surface area contributed by atoms with Gasteiger partial charge in [0.2, 0.25) is 10.0 Å². The molecule has 2 aromatic carbocycles. The summed E-state index contributed by atoms with van der Waals surface area (Å²) in [6.45, 7) is 3.65. The summed E-state index contributed by atoms with van der Waals surface area (Å²) in [7, 11) is -1.61. The van der Waals surface area contributed by atoms with E-state index in [4.69, 9.17) is 4.74 Å². The number of anilines is 2. The average Bonchev–Trinajstić information content (AvgIpc) is 2.55. The highest BCUT2D eigenvalue weighted by Gasteiger charge is 2.10. The second-order valence-electron chi connectivity index (χ2n) is 5.19. The molecule has 0 aromatic heterocycles. The zero-order valence-electron chi connectivity index (χ0n) is 13.5. The molecule has 124 valence electrons. The first-order valence-electron chi connectivity index (χ1n) is 7.45. The fourth-order valence-electron chi connectivity index (χ4n) is 2.17. The van der Waals surface area contributed by atoms with Gasteiger partial charge in [0.05, 0.1) is 18.6 Å². The number of hydrogen-bond acceptors (Lipinski definition) is 4. The monoisotopic (exact) mass is 334 g/mol. The van der Waals surface area contributed by atoms with Crippen molar-refractivity contribution in [3.63, 3.8) is 0 Å². The molecule has 0 saturated heterocycles. The van der Waals surface area contributed by atoms with Gasteiger partial charge in [-0.1, -0.05) is 24.3 Å². The van der Waals surface area contributed by atoms with Gasteiger partial charge in [0, 0.05) is 11.7 Å². The number of nitrogens with one attached hydrogen (secondary N) is 2. The van der Waals surface area contributed by atoms with E-state index in [1.165, 1.54) is 0 Å². The minimum Gasteiger partial charge on any atom is -0.495 e. The van der Waals surface area contributed by atoms with Crippen LogP contribution < -0.4 is 14.8 Å². The summed E-state index contributed by atoms with van der Waals surface area (Å²) in [5, 5.41) is 3.39. The molecule has 0 saturated carbocycles. The van der Waals surface area contributed by atoms with Crippen molar-refractivity contribution in [2.24, 2.45) is 0 Å². The van der Waals surface area contributed by atoms with Gasteiger partial charge < -0.3 is 10.1 Å². The summed E-state index contributed by atoms with van der Waals surface area (Å²) in [4.78, 5) is 0. The fraction of sp³-hybridized carbons (Fsp3) is 0.294. The summed E-state index contributed by atoms with van der Waals surface area (Å²) < 4.78 is 31.0. The maximum absolute atomic E-state index is 11.6. The van der Waals surface area contributed by atoms with Crippen molar-refractivity contribution in [1.82, 2.24) is 0 Å². The number of rotatable bonds is 7. The number of ether oxygens (including phenoxy) is 1. The van der Waals surface area contributed by atoms with E-state index in [0.717, 1.165) is 17.0 Å². The molecule has 0 amide bonds. The maximum Gasteiger partial charge on any atom is 0.232 e. The lowest BCUT2D eigenvalue weighted by molar-refractivity contribution is 0.416. The van der Waals surface area contributed by atoms with Crippen LogP contribution in [-0.4, -0.2) is 21.3 Å². The van der Waals surface area contributed by atoms with Crippen molar-refractivity contribution < 1.29 is 13.2 Å². The molecule has 0 bridgehead atoms. The molecular formula is C17H22N2O3S. The van der Waals surface area contributed by atoms with Crippen LogP contribution in [-0.2, 0) is 10.0 Å². The predicted octanol–water partition coefficient (Wildman–Crippen LogP) is 3.63. The summed E-state index contributed by atoms with van der Waals surface area (Å²) in [6, 6.07) is 15.1. The number of sulfonamides is 1. The third-order valence-corrected chi connectivity index (χ3v) is 4.85. The third-order valence-electron chi connectivity index (χ3n) is 3.54. The molecule has 23 heavy (non-hydrogen) atoms. The van der Waals surface area contributed by atoms with Gasteiger partial charge in [-0.05, 0) is 43.7 Å². The third kappa shape index (κ3) is 4.63. The lowest BCUT2D eigenvalue weighted by Gasteiger charge is -2.18. The minimum absolute atomic E-state index is 0.0561. The molecule has 0 aliphatic carbocycles. The van der Waals surface area contributed by atoms with Gasteiger partial charge in [-0.3, -0.25) is 4.72 Å². The molecule has 5 nitrogen and oxygen atoms in total. The van der Waals surface area contributed by atoms with Crippen LogP contribution in [0.2, 0.25) is 0 Å². The van der Waals surface area contributed by atoms with E-state index < -0.39 is 10.0 Å². The van der Waals surface area contributed by atoms with E-state index in [-0.39, 0.29) is 11.8 Å². The van der Waals surface area contributed by atoms with Crippen molar-refractivity contribution in [2.75, 3.05) is 22.9 Å². The summed E-state index contributed by atoms with van der Waals surface area (Å²) >= 11 is 0. The summed E-state index contributed by atoms with van der Waals surface area (Å²) in [5.41, 5.74) is 2.54.